The molecule has 2 heterocycles. The highest BCUT2D eigenvalue weighted by molar-refractivity contribution is 7.53. The Morgan fingerprint density at radius 2 is 1.97 bits per heavy atom. The van der Waals surface area contributed by atoms with Crippen LogP contribution in [0.25, 0.3) is 11.2 Å². The average molecular weight is 437 g/mol. The first-order valence-electron chi connectivity index (χ1n) is 9.05. The minimum absolute atomic E-state index is 0.00534. The molecule has 0 fully saturated rings. The third kappa shape index (κ3) is 4.10. The summed E-state index contributed by atoms with van der Waals surface area (Å²) in [5, 5.41) is 7.60. The van der Waals surface area contributed by atoms with Gasteiger partial charge in [0.15, 0.2) is 17.0 Å². The van der Waals surface area contributed by atoms with Crippen LogP contribution in [0, 0.1) is 0 Å². The smallest absolute Gasteiger partial charge is 0.335 e. The van der Waals surface area contributed by atoms with E-state index < -0.39 is 12.8 Å². The fourth-order valence-corrected chi connectivity index (χ4v) is 3.36. The molecule has 30 heavy (non-hydrogen) atoms. The van der Waals surface area contributed by atoms with Crippen LogP contribution in [0.5, 0.6) is 12.0 Å². The molecule has 0 saturated heterocycles. The second-order valence-corrected chi connectivity index (χ2v) is 9.33. The summed E-state index contributed by atoms with van der Waals surface area (Å²) in [5.41, 5.74) is 7.92. The Balaban J connectivity index is 2.06. The van der Waals surface area contributed by atoms with Crippen LogP contribution in [0.2, 0.25) is 0 Å². The molecule has 2 aromatic heterocycles. The summed E-state index contributed by atoms with van der Waals surface area (Å²) in [7, 11) is -2.92. The summed E-state index contributed by atoms with van der Waals surface area (Å²) in [6, 6.07) is 7.18. The number of anilines is 1. The van der Waals surface area contributed by atoms with Gasteiger partial charge in [-0.05, 0) is 25.0 Å². The Labute approximate surface area is 172 Å². The van der Waals surface area contributed by atoms with Gasteiger partial charge in [-0.1, -0.05) is 24.3 Å². The molecule has 3 aromatic rings. The van der Waals surface area contributed by atoms with Crippen LogP contribution in [0.15, 0.2) is 24.3 Å². The molecule has 11 nitrogen and oxygen atoms in total. The molecule has 0 atom stereocenters. The number of benzene rings is 1. The topological polar surface area (TPSA) is 166 Å². The quantitative estimate of drug-likeness (QED) is 0.377. The number of methoxy groups -OCH3 is 1. The maximum Gasteiger partial charge on any atom is 0.335 e. The molecule has 0 aliphatic heterocycles. The van der Waals surface area contributed by atoms with E-state index >= 15 is 0 Å². The lowest BCUT2D eigenvalue weighted by molar-refractivity contribution is 0.192. The number of nitrogens with two attached hydrogens (primary N) is 1. The van der Waals surface area contributed by atoms with Gasteiger partial charge in [-0.3, -0.25) is 9.13 Å². The summed E-state index contributed by atoms with van der Waals surface area (Å²) in [6.45, 7) is 3.06. The Hall–Kier alpha value is -2.72. The number of aliphatic hydroxyl groups excluding tert-OH is 1. The third-order valence-corrected chi connectivity index (χ3v) is 6.49. The van der Waals surface area contributed by atoms with Crippen LogP contribution in [0.4, 0.5) is 5.82 Å². The number of hydrogen-bond acceptors (Lipinski definition) is 8. The molecule has 5 N–H and O–H groups in total. The summed E-state index contributed by atoms with van der Waals surface area (Å²) < 4.78 is 24.2. The Bertz CT molecular complexity index is 1110. The number of aliphatic hydroxyl groups is 1. The maximum atomic E-state index is 11.9. The molecule has 0 bridgehead atoms. The molecule has 0 saturated carbocycles. The normalized spacial score (nSPS) is 12.3. The molecule has 3 rings (SSSR count). The van der Waals surface area contributed by atoms with Gasteiger partial charge in [0.2, 0.25) is 0 Å². The third-order valence-electron chi connectivity index (χ3n) is 4.77. The van der Waals surface area contributed by atoms with Crippen molar-refractivity contribution in [1.82, 2.24) is 19.5 Å². The number of nitrogens with zero attached hydrogens (tertiary/aromatic N) is 4. The van der Waals surface area contributed by atoms with Crippen molar-refractivity contribution in [2.75, 3.05) is 26.1 Å². The van der Waals surface area contributed by atoms with E-state index in [1.807, 2.05) is 6.07 Å². The molecule has 0 spiro atoms. The standard InChI is InChI=1S/C18H24N5O6P/c1-18(2,30(25,26)27)12-6-4-5-11(9-12)10-23-15-13(20-17(23)28-3)14(19)21-16(22-15)29-8-7-24/h4-6,9,24H,7-8,10H2,1-3H3,(H2,19,21,22)(H2,25,26,27). The summed E-state index contributed by atoms with van der Waals surface area (Å²) >= 11 is 0. The second-order valence-electron chi connectivity index (χ2n) is 7.12. The Kier molecular flexibility index (Phi) is 6.00. The van der Waals surface area contributed by atoms with Crippen molar-refractivity contribution in [2.45, 2.75) is 25.5 Å². The predicted molar refractivity (Wildman–Crippen MR) is 109 cm³/mol. The predicted octanol–water partition coefficient (Wildman–Crippen LogP) is 1.25. The van der Waals surface area contributed by atoms with Crippen LogP contribution in [0.3, 0.4) is 0 Å². The first kappa shape index (κ1) is 22.0. The van der Waals surface area contributed by atoms with E-state index in [0.29, 0.717) is 16.7 Å². The molecule has 0 aliphatic rings. The minimum Gasteiger partial charge on any atom is -0.468 e. The van der Waals surface area contributed by atoms with Gasteiger partial charge < -0.3 is 30.1 Å². The average Bonchev–Trinajstić information content (AvgIpc) is 3.04. The lowest BCUT2D eigenvalue weighted by atomic mass is 10.00. The van der Waals surface area contributed by atoms with Gasteiger partial charge in [0, 0.05) is 0 Å². The van der Waals surface area contributed by atoms with Crippen LogP contribution in [0.1, 0.15) is 25.0 Å². The molecule has 0 amide bonds. The molecule has 0 aliphatic carbocycles. The number of imidazole rings is 1. The summed E-state index contributed by atoms with van der Waals surface area (Å²) in [6.07, 6.45) is 0. The highest BCUT2D eigenvalue weighted by Gasteiger charge is 2.39. The van der Waals surface area contributed by atoms with E-state index in [4.69, 9.17) is 20.3 Å². The highest BCUT2D eigenvalue weighted by atomic mass is 31.2. The van der Waals surface area contributed by atoms with Crippen molar-refractivity contribution in [3.8, 4) is 12.0 Å². The van der Waals surface area contributed by atoms with Crippen LogP contribution >= 0.6 is 7.60 Å². The van der Waals surface area contributed by atoms with Crippen molar-refractivity contribution >= 4 is 24.6 Å². The first-order valence-corrected chi connectivity index (χ1v) is 10.7. The van der Waals surface area contributed by atoms with Gasteiger partial charge in [-0.15, -0.1) is 0 Å². The van der Waals surface area contributed by atoms with Crippen molar-refractivity contribution in [3.63, 3.8) is 0 Å². The number of ether oxygens (including phenoxy) is 2. The zero-order chi connectivity index (χ0) is 22.1. The molecule has 12 heteroatoms. The largest absolute Gasteiger partial charge is 0.468 e. The Morgan fingerprint density at radius 1 is 1.23 bits per heavy atom. The first-order chi connectivity index (χ1) is 14.1. The molecule has 162 valence electrons. The van der Waals surface area contributed by atoms with E-state index in [2.05, 4.69) is 15.0 Å². The number of hydrogen-bond donors (Lipinski definition) is 4. The number of aromatic nitrogens is 4. The van der Waals surface area contributed by atoms with Crippen molar-refractivity contribution in [1.29, 1.82) is 0 Å². The molecule has 1 aromatic carbocycles. The second kappa shape index (κ2) is 8.19. The van der Waals surface area contributed by atoms with Crippen molar-refractivity contribution in [3.05, 3.63) is 35.4 Å². The summed E-state index contributed by atoms with van der Waals surface area (Å²) in [4.78, 5) is 32.1. The summed E-state index contributed by atoms with van der Waals surface area (Å²) in [5.74, 6) is 0.0985. The van der Waals surface area contributed by atoms with Gasteiger partial charge in [-0.25, -0.2) is 0 Å². The van der Waals surface area contributed by atoms with Crippen molar-refractivity contribution in [2.24, 2.45) is 0 Å². The van der Waals surface area contributed by atoms with E-state index in [1.54, 1.807) is 22.8 Å². The number of rotatable bonds is 8. The number of nitrogen functional groups attached to an aromatic ring is 1. The van der Waals surface area contributed by atoms with Crippen LogP contribution in [-0.2, 0) is 16.3 Å². The number of fused-ring (bicyclic) bond motifs is 1. The van der Waals surface area contributed by atoms with Crippen LogP contribution in [-0.4, -0.2) is 54.7 Å². The monoisotopic (exact) mass is 437 g/mol. The fraction of sp³-hybridized carbons (Fsp3) is 0.389. The van der Waals surface area contributed by atoms with Crippen LogP contribution < -0.4 is 15.2 Å². The minimum atomic E-state index is -4.38. The van der Waals surface area contributed by atoms with Gasteiger partial charge in [0.05, 0.1) is 25.4 Å². The molecule has 0 unspecified atom stereocenters. The highest BCUT2D eigenvalue weighted by Crippen LogP contribution is 2.56. The lowest BCUT2D eigenvalue weighted by Gasteiger charge is -2.26. The Morgan fingerprint density at radius 3 is 2.60 bits per heavy atom. The van der Waals surface area contributed by atoms with Gasteiger partial charge >= 0.3 is 13.6 Å². The lowest BCUT2D eigenvalue weighted by Crippen LogP contribution is -2.17. The van der Waals surface area contributed by atoms with Crippen molar-refractivity contribution < 1.29 is 28.9 Å². The van der Waals surface area contributed by atoms with E-state index in [-0.39, 0.29) is 37.6 Å². The molecular formula is C18H24N5O6P. The zero-order valence-electron chi connectivity index (χ0n) is 16.8. The maximum absolute atomic E-state index is 11.9. The van der Waals surface area contributed by atoms with E-state index in [9.17, 15) is 14.4 Å². The van der Waals surface area contributed by atoms with Gasteiger partial charge in [0.1, 0.15) is 6.61 Å². The fourth-order valence-electron chi connectivity index (χ4n) is 2.88. The van der Waals surface area contributed by atoms with E-state index in [0.717, 1.165) is 5.56 Å². The van der Waals surface area contributed by atoms with Gasteiger partial charge in [0.25, 0.3) is 6.01 Å². The SMILES string of the molecule is COc1nc2c(N)nc(OCCO)nc2n1Cc1cccc(C(C)(C)P(=O)(O)O)c1. The van der Waals surface area contributed by atoms with E-state index in [1.165, 1.54) is 21.0 Å². The molecular weight excluding hydrogens is 413 g/mol. The van der Waals surface area contributed by atoms with Gasteiger partial charge in [-0.2, -0.15) is 15.0 Å². The zero-order valence-corrected chi connectivity index (χ0v) is 17.7. The molecule has 0 radical (unpaired) electrons.